The first-order valence-electron chi connectivity index (χ1n) is 13.6. The second-order valence-electron chi connectivity index (χ2n) is 10.4. The average molecular weight is 527 g/mol. The van der Waals surface area contributed by atoms with Gasteiger partial charge in [0, 0.05) is 21.7 Å². The molecule has 0 fully saturated rings. The van der Waals surface area contributed by atoms with Crippen molar-refractivity contribution in [1.82, 2.24) is 9.55 Å². The first-order valence-corrected chi connectivity index (χ1v) is 14.4. The Bertz CT molecular complexity index is 2430. The lowest BCUT2D eigenvalue weighted by atomic mass is 10.00. The zero-order chi connectivity index (χ0) is 26.2. The van der Waals surface area contributed by atoms with Gasteiger partial charge in [-0.25, -0.2) is 4.98 Å². The monoisotopic (exact) mass is 526 g/mol. The zero-order valence-electron chi connectivity index (χ0n) is 21.5. The van der Waals surface area contributed by atoms with Crippen LogP contribution >= 0.6 is 11.3 Å². The summed E-state index contributed by atoms with van der Waals surface area (Å²) in [5, 5.41) is 11.0. The van der Waals surface area contributed by atoms with E-state index in [1.54, 1.807) is 11.3 Å². The van der Waals surface area contributed by atoms with Crippen molar-refractivity contribution in [3.8, 4) is 16.3 Å². The first-order chi connectivity index (χ1) is 19.8. The van der Waals surface area contributed by atoms with Gasteiger partial charge in [-0.05, 0) is 56.8 Å². The van der Waals surface area contributed by atoms with Gasteiger partial charge in [0.1, 0.15) is 0 Å². The molecular weight excluding hydrogens is 504 g/mol. The summed E-state index contributed by atoms with van der Waals surface area (Å²) in [5.74, 6) is 0. The normalized spacial score (nSPS) is 12.0. The first kappa shape index (κ1) is 21.9. The predicted molar refractivity (Wildman–Crippen MR) is 172 cm³/mol. The standard InChI is InChI=1S/C37H22N2S/c1-2-10-23(11-3-1)30-21-27-15-7-9-17-29(27)36-35(30)38-37(40-36)39-32-19-18-24-12-6-8-16-28(24)34(32)31-20-25-13-4-5-14-26(25)22-33(31)39/h1-22H. The lowest BCUT2D eigenvalue weighted by Gasteiger charge is -2.06. The highest BCUT2D eigenvalue weighted by Gasteiger charge is 2.20. The molecule has 0 unspecified atom stereocenters. The third-order valence-corrected chi connectivity index (χ3v) is 9.25. The summed E-state index contributed by atoms with van der Waals surface area (Å²) >= 11 is 1.79. The maximum Gasteiger partial charge on any atom is 0.195 e. The number of aromatic nitrogens is 2. The lowest BCUT2D eigenvalue weighted by molar-refractivity contribution is 1.15. The maximum absolute atomic E-state index is 5.42. The molecular formula is C37H22N2S. The van der Waals surface area contributed by atoms with Crippen LogP contribution in [0.25, 0.3) is 80.6 Å². The summed E-state index contributed by atoms with van der Waals surface area (Å²) in [7, 11) is 0. The van der Waals surface area contributed by atoms with Crippen LogP contribution < -0.4 is 0 Å². The molecule has 9 aromatic rings. The number of hydrogen-bond acceptors (Lipinski definition) is 2. The van der Waals surface area contributed by atoms with E-state index in [1.807, 2.05) is 0 Å². The van der Waals surface area contributed by atoms with Crippen molar-refractivity contribution in [2.75, 3.05) is 0 Å². The Labute approximate surface area is 234 Å². The molecule has 7 aromatic carbocycles. The summed E-state index contributed by atoms with van der Waals surface area (Å²) in [6.07, 6.45) is 0. The van der Waals surface area contributed by atoms with Crippen molar-refractivity contribution < 1.29 is 0 Å². The van der Waals surface area contributed by atoms with Crippen LogP contribution in [0.4, 0.5) is 0 Å². The Balaban J connectivity index is 1.46. The molecule has 0 bridgehead atoms. The van der Waals surface area contributed by atoms with Gasteiger partial charge in [-0.15, -0.1) is 0 Å². The Hall–Kier alpha value is -4.99. The fourth-order valence-electron chi connectivity index (χ4n) is 6.34. The van der Waals surface area contributed by atoms with Crippen LogP contribution in [0.3, 0.4) is 0 Å². The Morgan fingerprint density at radius 3 is 2.00 bits per heavy atom. The summed E-state index contributed by atoms with van der Waals surface area (Å²) in [6.45, 7) is 0. The molecule has 0 radical (unpaired) electrons. The molecule has 0 atom stereocenters. The Kier molecular flexibility index (Phi) is 4.52. The van der Waals surface area contributed by atoms with E-state index in [9.17, 15) is 0 Å². The smallest absolute Gasteiger partial charge is 0.195 e. The second kappa shape index (κ2) is 8.25. The van der Waals surface area contributed by atoms with Gasteiger partial charge in [-0.3, -0.25) is 4.57 Å². The Morgan fingerprint density at radius 1 is 0.500 bits per heavy atom. The van der Waals surface area contributed by atoms with Crippen molar-refractivity contribution in [2.24, 2.45) is 0 Å². The van der Waals surface area contributed by atoms with Gasteiger partial charge in [0.05, 0.1) is 21.3 Å². The topological polar surface area (TPSA) is 17.8 Å². The maximum atomic E-state index is 5.42. The van der Waals surface area contributed by atoms with Gasteiger partial charge >= 0.3 is 0 Å². The van der Waals surface area contributed by atoms with Gasteiger partial charge in [-0.1, -0.05) is 121 Å². The number of nitrogens with zero attached hydrogens (tertiary/aromatic N) is 2. The van der Waals surface area contributed by atoms with Crippen molar-refractivity contribution in [3.63, 3.8) is 0 Å². The summed E-state index contributed by atoms with van der Waals surface area (Å²) in [5.41, 5.74) is 5.80. The molecule has 186 valence electrons. The van der Waals surface area contributed by atoms with Gasteiger partial charge in [0.25, 0.3) is 0 Å². The molecule has 2 heterocycles. The number of hydrogen-bond donors (Lipinski definition) is 0. The van der Waals surface area contributed by atoms with Gasteiger partial charge in [0.15, 0.2) is 5.13 Å². The molecule has 0 saturated heterocycles. The molecule has 0 saturated carbocycles. The van der Waals surface area contributed by atoms with Crippen molar-refractivity contribution in [2.45, 2.75) is 0 Å². The molecule has 40 heavy (non-hydrogen) atoms. The highest BCUT2D eigenvalue weighted by atomic mass is 32.1. The van der Waals surface area contributed by atoms with Crippen molar-refractivity contribution in [1.29, 1.82) is 0 Å². The Morgan fingerprint density at radius 2 is 1.18 bits per heavy atom. The predicted octanol–water partition coefficient (Wildman–Crippen LogP) is 10.5. The van der Waals surface area contributed by atoms with Crippen LogP contribution in [0.1, 0.15) is 0 Å². The van der Waals surface area contributed by atoms with Crippen molar-refractivity contribution in [3.05, 3.63) is 133 Å². The minimum Gasteiger partial charge on any atom is -0.285 e. The van der Waals surface area contributed by atoms with Crippen LogP contribution in [0.2, 0.25) is 0 Å². The minimum absolute atomic E-state index is 0.995. The van der Waals surface area contributed by atoms with E-state index in [-0.39, 0.29) is 0 Å². The van der Waals surface area contributed by atoms with Crippen LogP contribution in [0.5, 0.6) is 0 Å². The van der Waals surface area contributed by atoms with Crippen LogP contribution in [0.15, 0.2) is 133 Å². The van der Waals surface area contributed by atoms with E-state index in [1.165, 1.54) is 70.0 Å². The van der Waals surface area contributed by atoms with Crippen LogP contribution in [-0.2, 0) is 0 Å². The number of rotatable bonds is 2. The lowest BCUT2D eigenvalue weighted by Crippen LogP contribution is -1.93. The van der Waals surface area contributed by atoms with E-state index in [2.05, 4.69) is 138 Å². The summed E-state index contributed by atoms with van der Waals surface area (Å²) in [6, 6.07) is 48.2. The molecule has 0 aliphatic rings. The number of thiazole rings is 1. The fraction of sp³-hybridized carbons (Fsp3) is 0. The molecule has 0 amide bonds. The quantitative estimate of drug-likeness (QED) is 0.219. The van der Waals surface area contributed by atoms with E-state index >= 15 is 0 Å². The summed E-state index contributed by atoms with van der Waals surface area (Å²) < 4.78 is 3.61. The number of fused-ring (bicyclic) bond motifs is 9. The molecule has 9 rings (SSSR count). The summed E-state index contributed by atoms with van der Waals surface area (Å²) in [4.78, 5) is 5.42. The van der Waals surface area contributed by atoms with Crippen LogP contribution in [-0.4, -0.2) is 9.55 Å². The number of benzene rings is 7. The molecule has 2 aromatic heterocycles. The highest BCUT2D eigenvalue weighted by Crippen LogP contribution is 2.43. The molecule has 0 aliphatic carbocycles. The largest absolute Gasteiger partial charge is 0.285 e. The average Bonchev–Trinajstić information content (AvgIpc) is 3.59. The fourth-order valence-corrected chi connectivity index (χ4v) is 7.50. The van der Waals surface area contributed by atoms with E-state index in [0.717, 1.165) is 10.6 Å². The molecule has 0 N–H and O–H groups in total. The SMILES string of the molecule is c1ccc(-c2cc3ccccc3c3sc(-n4c5cc6ccccc6cc5c5c6ccccc6ccc54)nc23)cc1. The van der Waals surface area contributed by atoms with E-state index in [4.69, 9.17) is 4.98 Å². The van der Waals surface area contributed by atoms with E-state index < -0.39 is 0 Å². The molecule has 2 nitrogen and oxygen atoms in total. The minimum atomic E-state index is 0.995. The third-order valence-electron chi connectivity index (χ3n) is 8.17. The molecule has 0 spiro atoms. The van der Waals surface area contributed by atoms with Crippen LogP contribution in [0, 0.1) is 0 Å². The van der Waals surface area contributed by atoms with Gasteiger partial charge in [0.2, 0.25) is 0 Å². The third kappa shape index (κ3) is 3.07. The second-order valence-corrected chi connectivity index (χ2v) is 11.4. The molecule has 3 heteroatoms. The zero-order valence-corrected chi connectivity index (χ0v) is 22.3. The van der Waals surface area contributed by atoms with Gasteiger partial charge < -0.3 is 0 Å². The molecule has 0 aliphatic heterocycles. The van der Waals surface area contributed by atoms with Gasteiger partial charge in [-0.2, -0.15) is 0 Å². The van der Waals surface area contributed by atoms with E-state index in [0.29, 0.717) is 0 Å². The highest BCUT2D eigenvalue weighted by molar-refractivity contribution is 7.22. The van der Waals surface area contributed by atoms with Crippen molar-refractivity contribution >= 4 is 75.7 Å².